The predicted octanol–water partition coefficient (Wildman–Crippen LogP) is 6.44. The number of rotatable bonds is 9. The molecule has 1 aliphatic heterocycles. The lowest BCUT2D eigenvalue weighted by atomic mass is 9.92. The Morgan fingerprint density at radius 3 is 2.33 bits per heavy atom. The molecule has 4 aromatic rings. The van der Waals surface area contributed by atoms with Crippen molar-refractivity contribution in [2.45, 2.75) is 33.7 Å². The molecule has 0 atom stereocenters. The Morgan fingerprint density at radius 2 is 1.67 bits per heavy atom. The SMILES string of the molecule is CCCOc1ccc(-c2nn(-c3ccccc3)cc2/C=C2/C(=O)N(Cc3ccc(OC)cc3)C(=O)C(C#N)=C2C)c(C)c1. The fourth-order valence-electron chi connectivity index (χ4n) is 4.97. The molecule has 0 unspecified atom stereocenters. The summed E-state index contributed by atoms with van der Waals surface area (Å²) in [6.07, 6.45) is 4.49. The van der Waals surface area contributed by atoms with Gasteiger partial charge in [0.2, 0.25) is 0 Å². The molecule has 0 aliphatic carbocycles. The summed E-state index contributed by atoms with van der Waals surface area (Å²) in [6.45, 7) is 6.33. The number of hydrogen-bond acceptors (Lipinski definition) is 6. The van der Waals surface area contributed by atoms with Gasteiger partial charge in [-0.15, -0.1) is 0 Å². The molecule has 3 aromatic carbocycles. The van der Waals surface area contributed by atoms with Gasteiger partial charge >= 0.3 is 0 Å². The van der Waals surface area contributed by atoms with Crippen LogP contribution >= 0.6 is 0 Å². The van der Waals surface area contributed by atoms with Gasteiger partial charge in [-0.1, -0.05) is 37.3 Å². The molecule has 1 aromatic heterocycles. The molecule has 5 rings (SSSR count). The Bertz CT molecular complexity index is 1780. The number of aromatic nitrogens is 2. The quantitative estimate of drug-likeness (QED) is 0.169. The van der Waals surface area contributed by atoms with Crippen LogP contribution in [0.15, 0.2) is 95.7 Å². The molecule has 1 aliphatic rings. The number of carbonyl (C=O) groups is 2. The van der Waals surface area contributed by atoms with Crippen molar-refractivity contribution in [2.75, 3.05) is 13.7 Å². The number of carbonyl (C=O) groups excluding carboxylic acids is 2. The van der Waals surface area contributed by atoms with Gasteiger partial charge < -0.3 is 9.47 Å². The van der Waals surface area contributed by atoms with Crippen LogP contribution in [-0.4, -0.2) is 40.2 Å². The molecule has 2 heterocycles. The minimum absolute atomic E-state index is 0.0198. The third kappa shape index (κ3) is 5.97. The van der Waals surface area contributed by atoms with Crippen LogP contribution in [0.1, 0.15) is 37.0 Å². The Kier molecular flexibility index (Phi) is 8.54. The molecule has 0 saturated heterocycles. The molecule has 0 spiro atoms. The first kappa shape index (κ1) is 29.1. The molecule has 0 saturated carbocycles. The maximum atomic E-state index is 13.9. The Labute approximate surface area is 251 Å². The largest absolute Gasteiger partial charge is 0.497 e. The number of ether oxygens (including phenoxy) is 2. The number of benzene rings is 3. The van der Waals surface area contributed by atoms with Crippen LogP contribution in [0, 0.1) is 18.3 Å². The van der Waals surface area contributed by atoms with E-state index in [0.29, 0.717) is 29.2 Å². The highest BCUT2D eigenvalue weighted by Crippen LogP contribution is 2.34. The van der Waals surface area contributed by atoms with E-state index in [0.717, 1.165) is 39.4 Å². The zero-order valence-corrected chi connectivity index (χ0v) is 24.6. The van der Waals surface area contributed by atoms with E-state index in [4.69, 9.17) is 14.6 Å². The van der Waals surface area contributed by atoms with Crippen molar-refractivity contribution in [3.05, 3.63) is 112 Å². The Balaban J connectivity index is 1.62. The predicted molar refractivity (Wildman–Crippen MR) is 164 cm³/mol. The van der Waals surface area contributed by atoms with E-state index < -0.39 is 11.8 Å². The van der Waals surface area contributed by atoms with Crippen LogP contribution in [0.4, 0.5) is 0 Å². The van der Waals surface area contributed by atoms with E-state index in [1.54, 1.807) is 49.1 Å². The smallest absolute Gasteiger partial charge is 0.271 e. The molecule has 0 fully saturated rings. The highest BCUT2D eigenvalue weighted by molar-refractivity contribution is 6.19. The molecular weight excluding hydrogens is 540 g/mol. The van der Waals surface area contributed by atoms with Crippen LogP contribution in [-0.2, 0) is 16.1 Å². The lowest BCUT2D eigenvalue weighted by Crippen LogP contribution is -2.42. The monoisotopic (exact) mass is 572 g/mol. The van der Waals surface area contributed by atoms with Crippen molar-refractivity contribution in [3.63, 3.8) is 0 Å². The summed E-state index contributed by atoms with van der Waals surface area (Å²) < 4.78 is 12.8. The van der Waals surface area contributed by atoms with Crippen LogP contribution in [0.3, 0.4) is 0 Å². The number of imide groups is 1. The highest BCUT2D eigenvalue weighted by atomic mass is 16.5. The summed E-state index contributed by atoms with van der Waals surface area (Å²) in [5.74, 6) is 0.350. The van der Waals surface area contributed by atoms with Crippen LogP contribution in [0.25, 0.3) is 23.0 Å². The van der Waals surface area contributed by atoms with Gasteiger partial charge in [-0.25, -0.2) is 4.68 Å². The van der Waals surface area contributed by atoms with Crippen molar-refractivity contribution >= 4 is 17.9 Å². The van der Waals surface area contributed by atoms with E-state index in [1.165, 1.54) is 0 Å². The van der Waals surface area contributed by atoms with Gasteiger partial charge in [-0.05, 0) is 85.5 Å². The zero-order chi connectivity index (χ0) is 30.5. The normalized spacial score (nSPS) is 14.3. The standard InChI is InChI=1S/C35H32N4O4/c1-5-17-43-29-15-16-30(23(2)18-29)33-26(22-39(37-33)27-9-7-6-8-10-27)19-31-24(3)32(20-36)35(41)38(34(31)40)21-25-11-13-28(42-4)14-12-25/h6-16,18-19,22H,5,17,21H2,1-4H3/b31-19+. The molecule has 216 valence electrons. The molecular formula is C35H32N4O4. The maximum Gasteiger partial charge on any atom is 0.271 e. The molecule has 8 heteroatoms. The van der Waals surface area contributed by atoms with E-state index in [-0.39, 0.29) is 17.7 Å². The van der Waals surface area contributed by atoms with Gasteiger partial charge in [-0.3, -0.25) is 14.5 Å². The fourth-order valence-corrected chi connectivity index (χ4v) is 4.97. The summed E-state index contributed by atoms with van der Waals surface area (Å²) in [5.41, 5.74) is 5.29. The third-order valence-corrected chi connectivity index (χ3v) is 7.31. The number of aryl methyl sites for hydroxylation is 1. The molecule has 0 radical (unpaired) electrons. The topological polar surface area (TPSA) is 97.4 Å². The third-order valence-electron chi connectivity index (χ3n) is 7.31. The van der Waals surface area contributed by atoms with Gasteiger partial charge in [0.15, 0.2) is 0 Å². The van der Waals surface area contributed by atoms with Gasteiger partial charge in [0.25, 0.3) is 11.8 Å². The highest BCUT2D eigenvalue weighted by Gasteiger charge is 2.35. The molecule has 0 bridgehead atoms. The van der Waals surface area contributed by atoms with E-state index >= 15 is 0 Å². The first-order valence-corrected chi connectivity index (χ1v) is 14.1. The molecule has 2 amide bonds. The number of methoxy groups -OCH3 is 1. The summed E-state index contributed by atoms with van der Waals surface area (Å²) in [6, 6.07) is 24.7. The van der Waals surface area contributed by atoms with Gasteiger partial charge in [-0.2, -0.15) is 10.4 Å². The van der Waals surface area contributed by atoms with E-state index in [2.05, 4.69) is 6.92 Å². The van der Waals surface area contributed by atoms with Crippen LogP contribution < -0.4 is 9.47 Å². The minimum atomic E-state index is -0.614. The van der Waals surface area contributed by atoms with Gasteiger partial charge in [0.05, 0.1) is 25.9 Å². The van der Waals surface area contributed by atoms with E-state index in [9.17, 15) is 14.9 Å². The van der Waals surface area contributed by atoms with Crippen molar-refractivity contribution < 1.29 is 19.1 Å². The lowest BCUT2D eigenvalue weighted by Gasteiger charge is -2.27. The molecule has 8 nitrogen and oxygen atoms in total. The number of amides is 2. The first-order chi connectivity index (χ1) is 20.8. The average Bonchev–Trinajstić information content (AvgIpc) is 3.45. The summed E-state index contributed by atoms with van der Waals surface area (Å²) in [4.78, 5) is 28.3. The van der Waals surface area contributed by atoms with Crippen molar-refractivity contribution in [1.29, 1.82) is 5.26 Å². The Hall–Kier alpha value is -5.42. The maximum absolute atomic E-state index is 13.9. The average molecular weight is 573 g/mol. The van der Waals surface area contributed by atoms with Crippen LogP contribution in [0.5, 0.6) is 11.5 Å². The van der Waals surface area contributed by atoms with E-state index in [1.807, 2.05) is 67.7 Å². The van der Waals surface area contributed by atoms with Gasteiger partial charge in [0, 0.05) is 22.9 Å². The number of para-hydroxylation sites is 1. The van der Waals surface area contributed by atoms with Crippen molar-refractivity contribution in [3.8, 4) is 34.5 Å². The number of nitriles is 1. The molecule has 0 N–H and O–H groups in total. The fraction of sp³-hybridized carbons (Fsp3) is 0.200. The second-order valence-corrected chi connectivity index (χ2v) is 10.3. The number of hydrogen-bond donors (Lipinski definition) is 0. The summed E-state index contributed by atoms with van der Waals surface area (Å²) in [7, 11) is 1.57. The van der Waals surface area contributed by atoms with Crippen molar-refractivity contribution in [2.24, 2.45) is 0 Å². The first-order valence-electron chi connectivity index (χ1n) is 14.1. The summed E-state index contributed by atoms with van der Waals surface area (Å²) >= 11 is 0. The Morgan fingerprint density at radius 1 is 0.953 bits per heavy atom. The second-order valence-electron chi connectivity index (χ2n) is 10.3. The second kappa shape index (κ2) is 12.6. The van der Waals surface area contributed by atoms with Crippen molar-refractivity contribution in [1.82, 2.24) is 14.7 Å². The minimum Gasteiger partial charge on any atom is -0.497 e. The van der Waals surface area contributed by atoms with Crippen LogP contribution in [0.2, 0.25) is 0 Å². The zero-order valence-electron chi connectivity index (χ0n) is 24.6. The van der Waals surface area contributed by atoms with Gasteiger partial charge in [0.1, 0.15) is 28.8 Å². The molecule has 43 heavy (non-hydrogen) atoms. The summed E-state index contributed by atoms with van der Waals surface area (Å²) in [5, 5.41) is 14.8. The number of nitrogens with zero attached hydrogens (tertiary/aromatic N) is 4. The lowest BCUT2D eigenvalue weighted by molar-refractivity contribution is -0.141.